The molecule has 1 aliphatic heterocycles. The topological polar surface area (TPSA) is 112 Å². The predicted octanol–water partition coefficient (Wildman–Crippen LogP) is 3.04. The second kappa shape index (κ2) is 12.8. The number of rotatable bonds is 12. The quantitative estimate of drug-likeness (QED) is 0.223. The smallest absolute Gasteiger partial charge is 0.274 e. The number of hydrogen-bond donors (Lipinski definition) is 0. The van der Waals surface area contributed by atoms with E-state index < -0.39 is 52.7 Å². The van der Waals surface area contributed by atoms with Gasteiger partial charge in [0.1, 0.15) is 23.7 Å². The summed E-state index contributed by atoms with van der Waals surface area (Å²) in [4.78, 5) is 34.3. The molecule has 1 fully saturated rings. The van der Waals surface area contributed by atoms with E-state index >= 15 is 4.39 Å². The maximum absolute atomic E-state index is 15.1. The van der Waals surface area contributed by atoms with Crippen LogP contribution in [0.5, 0.6) is 5.75 Å². The van der Waals surface area contributed by atoms with Crippen molar-refractivity contribution in [1.29, 1.82) is 0 Å². The van der Waals surface area contributed by atoms with Gasteiger partial charge in [-0.1, -0.05) is 44.2 Å². The van der Waals surface area contributed by atoms with Crippen LogP contribution in [0.25, 0.3) is 0 Å². The fourth-order valence-corrected chi connectivity index (χ4v) is 4.96. The molecule has 2 amide bonds. The number of amides is 2. The Morgan fingerprint density at radius 1 is 1.00 bits per heavy atom. The summed E-state index contributed by atoms with van der Waals surface area (Å²) in [5.41, 5.74) is 0.559. The molecule has 3 atom stereocenters. The Hall–Kier alpha value is -2.90. The Morgan fingerprint density at radius 2 is 1.66 bits per heavy atom. The minimum Gasteiger partial charge on any atom is -0.497 e. The minimum atomic E-state index is -4.19. The van der Waals surface area contributed by atoms with E-state index in [0.717, 1.165) is 12.3 Å². The van der Waals surface area contributed by atoms with E-state index in [1.54, 1.807) is 29.2 Å². The molecule has 1 aliphatic rings. The van der Waals surface area contributed by atoms with Crippen LogP contribution in [0.3, 0.4) is 0 Å². The molecule has 0 bridgehead atoms. The molecule has 2 aromatic rings. The van der Waals surface area contributed by atoms with Gasteiger partial charge >= 0.3 is 0 Å². The summed E-state index contributed by atoms with van der Waals surface area (Å²) in [5.74, 6) is -1.70. The fourth-order valence-electron chi connectivity index (χ4n) is 4.38. The second-order valence-corrected chi connectivity index (χ2v) is 11.0. The van der Waals surface area contributed by atoms with E-state index in [9.17, 15) is 18.0 Å². The van der Waals surface area contributed by atoms with Crippen molar-refractivity contribution in [3.8, 4) is 5.75 Å². The molecule has 0 spiro atoms. The highest BCUT2D eigenvalue weighted by Crippen LogP contribution is 2.36. The number of benzene rings is 2. The van der Waals surface area contributed by atoms with Crippen LogP contribution < -0.4 is 4.74 Å². The lowest BCUT2D eigenvalue weighted by molar-refractivity contribution is -0.237. The summed E-state index contributed by atoms with van der Waals surface area (Å²) in [7, 11) is -1.33. The average molecular weight is 553 g/mol. The third-order valence-corrected chi connectivity index (χ3v) is 6.55. The van der Waals surface area contributed by atoms with Crippen molar-refractivity contribution in [2.75, 3.05) is 27.3 Å². The van der Waals surface area contributed by atoms with Crippen molar-refractivity contribution in [2.24, 2.45) is 5.92 Å². The number of halogens is 1. The zero-order valence-corrected chi connectivity index (χ0v) is 22.8. The summed E-state index contributed by atoms with van der Waals surface area (Å²) < 4.78 is 55.3. The first-order valence-corrected chi connectivity index (χ1v) is 13.8. The van der Waals surface area contributed by atoms with Gasteiger partial charge in [-0.25, -0.2) is 9.23 Å². The number of carbonyl (C=O) groups excluding carboxylic acids is 2. The van der Waals surface area contributed by atoms with Gasteiger partial charge < -0.3 is 9.47 Å². The van der Waals surface area contributed by atoms with Gasteiger partial charge in [-0.2, -0.15) is 8.42 Å². The molecule has 0 aliphatic carbocycles. The van der Waals surface area contributed by atoms with Crippen LogP contribution >= 0.6 is 0 Å². The monoisotopic (exact) mass is 552 g/mol. The van der Waals surface area contributed by atoms with Crippen molar-refractivity contribution in [1.82, 2.24) is 9.96 Å². The third-order valence-electron chi connectivity index (χ3n) is 5.99. The van der Waals surface area contributed by atoms with Gasteiger partial charge in [0.15, 0.2) is 6.79 Å². The zero-order valence-electron chi connectivity index (χ0n) is 22.0. The molecule has 2 aromatic carbocycles. The van der Waals surface area contributed by atoms with E-state index in [1.807, 2.05) is 13.8 Å². The Bertz CT molecular complexity index is 1220. The highest BCUT2D eigenvalue weighted by atomic mass is 32.2. The van der Waals surface area contributed by atoms with Crippen molar-refractivity contribution < 1.29 is 40.9 Å². The summed E-state index contributed by atoms with van der Waals surface area (Å²) in [6, 6.07) is 10.1. The van der Waals surface area contributed by atoms with Crippen LogP contribution in [0.15, 0.2) is 48.5 Å². The summed E-state index contributed by atoms with van der Waals surface area (Å²) in [5, 5.41) is 0.575. The average Bonchev–Trinajstić information content (AvgIpc) is 2.85. The van der Waals surface area contributed by atoms with Crippen molar-refractivity contribution in [3.63, 3.8) is 0 Å². The Morgan fingerprint density at radius 3 is 2.21 bits per heavy atom. The van der Waals surface area contributed by atoms with Gasteiger partial charge in [-0.15, -0.1) is 5.06 Å². The second-order valence-electron chi connectivity index (χ2n) is 9.36. The molecule has 208 valence electrons. The number of hydroxylamine groups is 2. The predicted molar refractivity (Wildman–Crippen MR) is 135 cm³/mol. The Balaban J connectivity index is 2.21. The fraction of sp³-hybridized carbons (Fsp3) is 0.462. The van der Waals surface area contributed by atoms with E-state index in [0.29, 0.717) is 22.8 Å². The molecule has 0 N–H and O–H groups in total. The minimum absolute atomic E-state index is 0.00295. The third kappa shape index (κ3) is 7.14. The molecule has 1 saturated heterocycles. The number of nitrogens with zero attached hydrogens (tertiary/aromatic N) is 2. The van der Waals surface area contributed by atoms with Crippen LogP contribution in [-0.4, -0.2) is 69.5 Å². The van der Waals surface area contributed by atoms with Crippen LogP contribution in [0.4, 0.5) is 4.39 Å². The molecule has 3 rings (SSSR count). The molecule has 12 heteroatoms. The van der Waals surface area contributed by atoms with E-state index in [1.165, 1.54) is 32.4 Å². The number of imide groups is 1. The molecule has 0 aromatic heterocycles. The highest BCUT2D eigenvalue weighted by Gasteiger charge is 2.52. The van der Waals surface area contributed by atoms with E-state index in [2.05, 4.69) is 0 Å². The molecule has 38 heavy (non-hydrogen) atoms. The molecule has 10 nitrogen and oxygen atoms in total. The van der Waals surface area contributed by atoms with Crippen LogP contribution in [-0.2, 0) is 40.0 Å². The van der Waals surface area contributed by atoms with Gasteiger partial charge in [0.05, 0.1) is 19.4 Å². The van der Waals surface area contributed by atoms with Crippen molar-refractivity contribution in [3.05, 3.63) is 65.5 Å². The zero-order chi connectivity index (χ0) is 28.0. The standard InChI is InChI=1S/C26H33FN2O8S/c1-17(2)14-22-25(30)29(36-16-34-3)26(31)23(28(22)15-18-10-12-19(35-4)13-11-18)24(37-38(5,32)33)20-8-6-7-9-21(20)27/h6-13,17,22-24H,14-16H2,1-5H3/t22-,23-,24+/m0/s1. The van der Waals surface area contributed by atoms with Crippen molar-refractivity contribution in [2.45, 2.75) is 45.0 Å². The number of hydrogen-bond acceptors (Lipinski definition) is 9. The molecule has 1 heterocycles. The lowest BCUT2D eigenvalue weighted by Crippen LogP contribution is -2.66. The van der Waals surface area contributed by atoms with Crippen molar-refractivity contribution >= 4 is 21.9 Å². The molecule has 0 radical (unpaired) electrons. The van der Waals surface area contributed by atoms with Crippen LogP contribution in [0.2, 0.25) is 0 Å². The van der Waals surface area contributed by atoms with E-state index in [-0.39, 0.29) is 18.0 Å². The summed E-state index contributed by atoms with van der Waals surface area (Å²) in [6.07, 6.45) is -0.500. The summed E-state index contributed by atoms with van der Waals surface area (Å²) in [6.45, 7) is 3.46. The molecular weight excluding hydrogens is 519 g/mol. The Kier molecular flexibility index (Phi) is 9.96. The lowest BCUT2D eigenvalue weighted by Gasteiger charge is -2.46. The molecule has 0 unspecified atom stereocenters. The Labute approximate surface area is 222 Å². The van der Waals surface area contributed by atoms with Gasteiger partial charge in [0.25, 0.3) is 21.9 Å². The first kappa shape index (κ1) is 29.7. The first-order chi connectivity index (χ1) is 18.0. The number of ether oxygens (including phenoxy) is 2. The number of carbonyl (C=O) groups is 2. The maximum Gasteiger partial charge on any atom is 0.274 e. The molecular formula is C26H33FN2O8S. The van der Waals surface area contributed by atoms with Gasteiger partial charge in [-0.3, -0.25) is 18.7 Å². The van der Waals surface area contributed by atoms with Gasteiger partial charge in [0, 0.05) is 19.2 Å². The largest absolute Gasteiger partial charge is 0.497 e. The van der Waals surface area contributed by atoms with Gasteiger partial charge in [-0.05, 0) is 36.1 Å². The van der Waals surface area contributed by atoms with Crippen LogP contribution in [0.1, 0.15) is 37.5 Å². The first-order valence-electron chi connectivity index (χ1n) is 12.0. The summed E-state index contributed by atoms with van der Waals surface area (Å²) >= 11 is 0. The number of piperazine rings is 1. The maximum atomic E-state index is 15.1. The lowest BCUT2D eigenvalue weighted by atomic mass is 9.91. The van der Waals surface area contributed by atoms with Crippen LogP contribution in [0, 0.1) is 11.7 Å². The molecule has 0 saturated carbocycles. The van der Waals surface area contributed by atoms with E-state index in [4.69, 9.17) is 18.5 Å². The number of methoxy groups -OCH3 is 2. The normalized spacial score (nSPS) is 19.7. The SMILES string of the molecule is COCON1C(=O)[C@H]([C@H](OS(C)(=O)=O)c2ccccc2F)N(Cc2ccc(OC)cc2)[C@@H](CC(C)C)C1=O. The highest BCUT2D eigenvalue weighted by molar-refractivity contribution is 7.86. The van der Waals surface area contributed by atoms with Gasteiger partial charge in [0.2, 0.25) is 0 Å².